The van der Waals surface area contributed by atoms with Crippen LogP contribution >= 0.6 is 0 Å². The lowest BCUT2D eigenvalue weighted by Gasteiger charge is -2.24. The van der Waals surface area contributed by atoms with Gasteiger partial charge in [-0.1, -0.05) is 0 Å². The molecule has 6 heteroatoms. The molecule has 0 amide bonds. The lowest BCUT2D eigenvalue weighted by Crippen LogP contribution is -2.08. The molecule has 3 aromatic rings. The fraction of sp³-hybridized carbons (Fsp3) is 0. The van der Waals surface area contributed by atoms with Gasteiger partial charge in [-0.05, 0) is 48.5 Å². The largest absolute Gasteiger partial charge is 0.508 e. The first-order valence-corrected chi connectivity index (χ1v) is 7.52. The second kappa shape index (κ2) is 5.27. The van der Waals surface area contributed by atoms with E-state index in [0.29, 0.717) is 11.4 Å². The van der Waals surface area contributed by atoms with Crippen molar-refractivity contribution in [1.82, 2.24) is 0 Å². The summed E-state index contributed by atoms with van der Waals surface area (Å²) in [7, 11) is 0. The van der Waals surface area contributed by atoms with Gasteiger partial charge in [0.05, 0.1) is 34.1 Å². The third kappa shape index (κ3) is 2.50. The zero-order valence-corrected chi connectivity index (χ0v) is 12.8. The van der Waals surface area contributed by atoms with Crippen LogP contribution in [-0.4, -0.2) is 5.11 Å². The summed E-state index contributed by atoms with van der Waals surface area (Å²) in [5, 5.41) is 19.5. The van der Waals surface area contributed by atoms with Gasteiger partial charge in [-0.2, -0.15) is 0 Å². The van der Waals surface area contributed by atoms with E-state index in [2.05, 4.69) is 16.0 Å². The summed E-state index contributed by atoms with van der Waals surface area (Å²) in [6, 6.07) is 16.4. The summed E-state index contributed by atoms with van der Waals surface area (Å²) < 4.78 is 0. The Balaban J connectivity index is 1.67. The molecule has 1 heterocycles. The molecule has 0 aliphatic carbocycles. The summed E-state index contributed by atoms with van der Waals surface area (Å²) in [5.74, 6) is 0.209. The number of rotatable bonds is 2. The number of phenolic OH excluding ortho intramolecular Hbond substituents is 1. The average molecular weight is 319 g/mol. The highest BCUT2D eigenvalue weighted by molar-refractivity contribution is 5.95. The van der Waals surface area contributed by atoms with Gasteiger partial charge >= 0.3 is 0 Å². The lowest BCUT2D eigenvalue weighted by atomic mass is 10.1. The van der Waals surface area contributed by atoms with Gasteiger partial charge in [0.2, 0.25) is 0 Å². The molecule has 4 rings (SSSR count). The van der Waals surface area contributed by atoms with Crippen LogP contribution in [0.4, 0.5) is 45.5 Å². The van der Waals surface area contributed by atoms with E-state index in [1.165, 1.54) is 0 Å². The first-order valence-electron chi connectivity index (χ1n) is 7.52. The molecule has 0 atom stereocenters. The minimum Gasteiger partial charge on any atom is -0.508 e. The van der Waals surface area contributed by atoms with Crippen molar-refractivity contribution in [2.24, 2.45) is 0 Å². The Morgan fingerprint density at radius 3 is 2.21 bits per heavy atom. The molecule has 0 bridgehead atoms. The summed E-state index contributed by atoms with van der Waals surface area (Å²) in [4.78, 5) is 0. The molecule has 0 unspecified atom stereocenters. The summed E-state index contributed by atoms with van der Waals surface area (Å²) in [5.41, 5.74) is 18.4. The molecule has 1 aliphatic heterocycles. The lowest BCUT2D eigenvalue weighted by molar-refractivity contribution is 0.475. The molecule has 3 aromatic carbocycles. The van der Waals surface area contributed by atoms with Crippen LogP contribution in [0.25, 0.3) is 0 Å². The summed E-state index contributed by atoms with van der Waals surface area (Å²) in [6.45, 7) is 0. The van der Waals surface area contributed by atoms with Gasteiger partial charge in [0.1, 0.15) is 5.75 Å². The number of aromatic hydroxyl groups is 1. The van der Waals surface area contributed by atoms with Gasteiger partial charge in [0.15, 0.2) is 0 Å². The van der Waals surface area contributed by atoms with Crippen LogP contribution in [-0.2, 0) is 0 Å². The van der Waals surface area contributed by atoms with E-state index >= 15 is 0 Å². The number of nitrogen functional groups attached to an aromatic ring is 2. The SMILES string of the molecule is Nc1ccc(Nc2cc3c(cc2N)Nc2cc(O)ccc2N3)cc1. The number of hydrogen-bond donors (Lipinski definition) is 6. The van der Waals surface area contributed by atoms with Crippen molar-refractivity contribution in [1.29, 1.82) is 0 Å². The number of phenols is 1. The van der Waals surface area contributed by atoms with E-state index in [4.69, 9.17) is 11.5 Å². The van der Waals surface area contributed by atoms with Crippen LogP contribution in [0.5, 0.6) is 5.75 Å². The number of benzene rings is 3. The molecule has 8 N–H and O–H groups in total. The maximum Gasteiger partial charge on any atom is 0.117 e. The molecule has 0 saturated carbocycles. The third-order valence-corrected chi connectivity index (χ3v) is 3.92. The van der Waals surface area contributed by atoms with Crippen molar-refractivity contribution in [2.45, 2.75) is 0 Å². The van der Waals surface area contributed by atoms with Gasteiger partial charge in [0, 0.05) is 17.4 Å². The Morgan fingerprint density at radius 1 is 0.750 bits per heavy atom. The number of fused-ring (bicyclic) bond motifs is 2. The molecule has 0 radical (unpaired) electrons. The van der Waals surface area contributed by atoms with Crippen molar-refractivity contribution in [2.75, 3.05) is 27.4 Å². The predicted octanol–water partition coefficient (Wildman–Crippen LogP) is 4.10. The van der Waals surface area contributed by atoms with Gasteiger partial charge in [-0.15, -0.1) is 0 Å². The Kier molecular flexibility index (Phi) is 3.09. The zero-order chi connectivity index (χ0) is 16.7. The monoisotopic (exact) mass is 319 g/mol. The zero-order valence-electron chi connectivity index (χ0n) is 12.8. The van der Waals surface area contributed by atoms with E-state index in [-0.39, 0.29) is 5.75 Å². The third-order valence-electron chi connectivity index (χ3n) is 3.92. The smallest absolute Gasteiger partial charge is 0.117 e. The second-order valence-electron chi connectivity index (χ2n) is 5.71. The molecule has 24 heavy (non-hydrogen) atoms. The highest BCUT2D eigenvalue weighted by atomic mass is 16.3. The van der Waals surface area contributed by atoms with E-state index in [1.54, 1.807) is 12.1 Å². The Hall–Kier alpha value is -3.54. The molecule has 0 saturated heterocycles. The average Bonchev–Trinajstić information content (AvgIpc) is 2.56. The Morgan fingerprint density at radius 2 is 1.42 bits per heavy atom. The Labute approximate surface area is 139 Å². The van der Waals surface area contributed by atoms with Gasteiger partial charge in [-0.25, -0.2) is 0 Å². The normalized spacial score (nSPS) is 11.7. The first-order chi connectivity index (χ1) is 11.6. The van der Waals surface area contributed by atoms with Crippen molar-refractivity contribution in [3.8, 4) is 5.75 Å². The van der Waals surface area contributed by atoms with Crippen LogP contribution in [0.15, 0.2) is 54.6 Å². The molecule has 1 aliphatic rings. The van der Waals surface area contributed by atoms with Crippen molar-refractivity contribution in [3.63, 3.8) is 0 Å². The van der Waals surface area contributed by atoms with E-state index < -0.39 is 0 Å². The Bertz CT molecular complexity index is 918. The minimum atomic E-state index is 0.209. The quantitative estimate of drug-likeness (QED) is 0.245. The highest BCUT2D eigenvalue weighted by Crippen LogP contribution is 2.43. The topological polar surface area (TPSA) is 108 Å². The molecular weight excluding hydrogens is 302 g/mol. The second-order valence-corrected chi connectivity index (χ2v) is 5.71. The van der Waals surface area contributed by atoms with Crippen LogP contribution < -0.4 is 27.4 Å². The number of nitrogens with two attached hydrogens (primary N) is 2. The fourth-order valence-electron chi connectivity index (χ4n) is 2.69. The van der Waals surface area contributed by atoms with Crippen molar-refractivity contribution >= 4 is 45.5 Å². The molecule has 6 nitrogen and oxygen atoms in total. The van der Waals surface area contributed by atoms with Crippen molar-refractivity contribution < 1.29 is 5.11 Å². The van der Waals surface area contributed by atoms with E-state index in [1.807, 2.05) is 42.5 Å². The number of nitrogens with one attached hydrogen (secondary N) is 3. The first kappa shape index (κ1) is 14.1. The molecule has 0 fully saturated rings. The summed E-state index contributed by atoms with van der Waals surface area (Å²) >= 11 is 0. The minimum absolute atomic E-state index is 0.209. The molecule has 0 aromatic heterocycles. The highest BCUT2D eigenvalue weighted by Gasteiger charge is 2.16. The maximum absolute atomic E-state index is 9.61. The van der Waals surface area contributed by atoms with Gasteiger partial charge < -0.3 is 32.5 Å². The molecule has 0 spiro atoms. The maximum atomic E-state index is 9.61. The van der Waals surface area contributed by atoms with Crippen LogP contribution in [0.3, 0.4) is 0 Å². The predicted molar refractivity (Wildman–Crippen MR) is 99.7 cm³/mol. The van der Waals surface area contributed by atoms with E-state index in [0.717, 1.165) is 34.1 Å². The van der Waals surface area contributed by atoms with Crippen molar-refractivity contribution in [3.05, 3.63) is 54.6 Å². The van der Waals surface area contributed by atoms with Crippen LogP contribution in [0, 0.1) is 0 Å². The summed E-state index contributed by atoms with van der Waals surface area (Å²) in [6.07, 6.45) is 0. The number of hydrogen-bond acceptors (Lipinski definition) is 6. The van der Waals surface area contributed by atoms with Crippen LogP contribution in [0.1, 0.15) is 0 Å². The molecular formula is C18H17N5O. The van der Waals surface area contributed by atoms with Crippen LogP contribution in [0.2, 0.25) is 0 Å². The van der Waals surface area contributed by atoms with Gasteiger partial charge in [0.25, 0.3) is 0 Å². The van der Waals surface area contributed by atoms with E-state index in [9.17, 15) is 5.11 Å². The fourth-order valence-corrected chi connectivity index (χ4v) is 2.69. The standard InChI is InChI=1S/C18H17N5O/c19-10-1-3-11(4-2-10)21-15-9-18-17(8-13(15)20)23-16-7-12(24)5-6-14(16)22-18/h1-9,21-24H,19-20H2. The number of anilines is 8. The van der Waals surface area contributed by atoms with Gasteiger partial charge in [-0.3, -0.25) is 0 Å². The molecule has 120 valence electrons.